The fourth-order valence-corrected chi connectivity index (χ4v) is 1.20. The van der Waals surface area contributed by atoms with Crippen LogP contribution in [0.15, 0.2) is 0 Å². The number of aliphatic hydroxyl groups is 2. The first kappa shape index (κ1) is 11.9. The van der Waals surface area contributed by atoms with Crippen LogP contribution in [-0.2, 0) is 0 Å². The lowest BCUT2D eigenvalue weighted by atomic mass is 9.97. The Morgan fingerprint density at radius 1 is 1.17 bits per heavy atom. The molecule has 0 bridgehead atoms. The summed E-state index contributed by atoms with van der Waals surface area (Å²) >= 11 is 0. The van der Waals surface area contributed by atoms with Crippen molar-refractivity contribution < 1.29 is 10.2 Å². The summed E-state index contributed by atoms with van der Waals surface area (Å²) in [4.78, 5) is 0. The Bertz CT molecular complexity index is 93.8. The lowest BCUT2D eigenvalue weighted by Crippen LogP contribution is -2.16. The molecule has 0 fully saturated rings. The molecule has 2 atom stereocenters. The molecule has 0 amide bonds. The van der Waals surface area contributed by atoms with Crippen LogP contribution in [0.1, 0.15) is 46.0 Å². The molecule has 0 rings (SSSR count). The highest BCUT2D eigenvalue weighted by molar-refractivity contribution is 4.62. The molecule has 2 heteroatoms. The first-order valence-electron chi connectivity index (χ1n) is 5.01. The van der Waals surface area contributed by atoms with E-state index in [-0.39, 0.29) is 12.7 Å². The van der Waals surface area contributed by atoms with Gasteiger partial charge in [-0.05, 0) is 18.8 Å². The van der Waals surface area contributed by atoms with Gasteiger partial charge < -0.3 is 10.2 Å². The quantitative estimate of drug-likeness (QED) is 0.579. The minimum absolute atomic E-state index is 0.145. The number of hydrogen-bond acceptors (Lipinski definition) is 2. The Balaban J connectivity index is 3.24. The third-order valence-electron chi connectivity index (χ3n) is 2.46. The minimum atomic E-state index is -0.145. The van der Waals surface area contributed by atoms with Gasteiger partial charge in [-0.15, -0.1) is 0 Å². The lowest BCUT2D eigenvalue weighted by Gasteiger charge is -2.16. The second-order valence-corrected chi connectivity index (χ2v) is 3.53. The zero-order valence-corrected chi connectivity index (χ0v) is 8.29. The van der Waals surface area contributed by atoms with Gasteiger partial charge in [0.05, 0.1) is 6.10 Å². The molecule has 0 aliphatic rings. The predicted molar refractivity (Wildman–Crippen MR) is 51.0 cm³/mol. The van der Waals surface area contributed by atoms with E-state index in [2.05, 4.69) is 13.8 Å². The van der Waals surface area contributed by atoms with Gasteiger partial charge in [-0.2, -0.15) is 0 Å². The molecule has 0 aromatic heterocycles. The number of hydrogen-bond donors (Lipinski definition) is 2. The lowest BCUT2D eigenvalue weighted by molar-refractivity contribution is 0.102. The molecule has 74 valence electrons. The van der Waals surface area contributed by atoms with Gasteiger partial charge in [-0.1, -0.05) is 33.1 Å². The van der Waals surface area contributed by atoms with E-state index in [1.807, 2.05) is 0 Å². The molecule has 0 aromatic rings. The molecule has 2 N–H and O–H groups in total. The Hall–Kier alpha value is -0.0800. The monoisotopic (exact) mass is 174 g/mol. The van der Waals surface area contributed by atoms with Crippen LogP contribution in [0, 0.1) is 5.92 Å². The van der Waals surface area contributed by atoms with Gasteiger partial charge in [0.25, 0.3) is 0 Å². The molecule has 12 heavy (non-hydrogen) atoms. The van der Waals surface area contributed by atoms with Gasteiger partial charge in [0.1, 0.15) is 0 Å². The van der Waals surface area contributed by atoms with E-state index in [4.69, 9.17) is 5.11 Å². The van der Waals surface area contributed by atoms with Crippen LogP contribution in [0.5, 0.6) is 0 Å². The maximum Gasteiger partial charge on any atom is 0.0565 e. The predicted octanol–water partition coefficient (Wildman–Crippen LogP) is 1.95. The smallest absolute Gasteiger partial charge is 0.0565 e. The van der Waals surface area contributed by atoms with Crippen LogP contribution < -0.4 is 0 Å². The van der Waals surface area contributed by atoms with Crippen molar-refractivity contribution in [1.82, 2.24) is 0 Å². The Morgan fingerprint density at radius 2 is 1.83 bits per heavy atom. The summed E-state index contributed by atoms with van der Waals surface area (Å²) in [5, 5.41) is 18.1. The van der Waals surface area contributed by atoms with Crippen molar-refractivity contribution in [3.8, 4) is 0 Å². The Kier molecular flexibility index (Phi) is 7.51. The third-order valence-corrected chi connectivity index (χ3v) is 2.46. The highest BCUT2D eigenvalue weighted by atomic mass is 16.3. The van der Waals surface area contributed by atoms with Crippen LogP contribution in [-0.4, -0.2) is 22.9 Å². The molecule has 0 saturated carbocycles. The van der Waals surface area contributed by atoms with Gasteiger partial charge >= 0.3 is 0 Å². The number of unbranched alkanes of at least 4 members (excludes halogenated alkanes) is 2. The largest absolute Gasteiger partial charge is 0.396 e. The normalized spacial score (nSPS) is 16.0. The summed E-state index contributed by atoms with van der Waals surface area (Å²) in [6, 6.07) is 0. The van der Waals surface area contributed by atoms with Crippen LogP contribution >= 0.6 is 0 Å². The van der Waals surface area contributed by atoms with Gasteiger partial charge in [-0.25, -0.2) is 0 Å². The van der Waals surface area contributed by atoms with E-state index in [0.717, 1.165) is 32.1 Å². The summed E-state index contributed by atoms with van der Waals surface area (Å²) < 4.78 is 0. The van der Waals surface area contributed by atoms with Crippen molar-refractivity contribution in [3.05, 3.63) is 0 Å². The van der Waals surface area contributed by atoms with Gasteiger partial charge in [-0.3, -0.25) is 0 Å². The van der Waals surface area contributed by atoms with Crippen molar-refractivity contribution in [2.45, 2.75) is 52.1 Å². The molecule has 0 aromatic carbocycles. The SMILES string of the molecule is CCC(C)C(O)CCCCCO. The first-order chi connectivity index (χ1) is 5.72. The van der Waals surface area contributed by atoms with E-state index >= 15 is 0 Å². The molecule has 0 radical (unpaired) electrons. The van der Waals surface area contributed by atoms with Crippen LogP contribution in [0.3, 0.4) is 0 Å². The standard InChI is InChI=1S/C10H22O2/c1-3-9(2)10(12)7-5-4-6-8-11/h9-12H,3-8H2,1-2H3. The summed E-state index contributed by atoms with van der Waals surface area (Å²) in [5.74, 6) is 0.416. The first-order valence-corrected chi connectivity index (χ1v) is 5.01. The number of rotatable bonds is 7. The molecule has 0 aliphatic carbocycles. The molecule has 2 nitrogen and oxygen atoms in total. The molecular weight excluding hydrogens is 152 g/mol. The fraction of sp³-hybridized carbons (Fsp3) is 1.00. The average Bonchev–Trinajstić information content (AvgIpc) is 2.10. The molecular formula is C10H22O2. The zero-order chi connectivity index (χ0) is 9.40. The maximum absolute atomic E-state index is 9.55. The Morgan fingerprint density at radius 3 is 2.33 bits per heavy atom. The van der Waals surface area contributed by atoms with Crippen LogP contribution in [0.2, 0.25) is 0 Å². The number of aliphatic hydroxyl groups excluding tert-OH is 2. The summed E-state index contributed by atoms with van der Waals surface area (Å²) in [6.45, 7) is 4.46. The van der Waals surface area contributed by atoms with E-state index in [1.165, 1.54) is 0 Å². The molecule has 0 spiro atoms. The van der Waals surface area contributed by atoms with Crippen molar-refractivity contribution in [2.24, 2.45) is 5.92 Å². The third kappa shape index (κ3) is 5.56. The zero-order valence-electron chi connectivity index (χ0n) is 8.29. The van der Waals surface area contributed by atoms with Crippen molar-refractivity contribution >= 4 is 0 Å². The summed E-state index contributed by atoms with van der Waals surface area (Å²) in [6.07, 6.45) is 4.72. The highest BCUT2D eigenvalue weighted by Crippen LogP contribution is 2.13. The highest BCUT2D eigenvalue weighted by Gasteiger charge is 2.10. The molecule has 0 heterocycles. The topological polar surface area (TPSA) is 40.5 Å². The second kappa shape index (κ2) is 7.56. The summed E-state index contributed by atoms with van der Waals surface area (Å²) in [5.41, 5.74) is 0. The van der Waals surface area contributed by atoms with E-state index in [0.29, 0.717) is 5.92 Å². The van der Waals surface area contributed by atoms with E-state index in [1.54, 1.807) is 0 Å². The minimum Gasteiger partial charge on any atom is -0.396 e. The van der Waals surface area contributed by atoms with Crippen molar-refractivity contribution in [3.63, 3.8) is 0 Å². The van der Waals surface area contributed by atoms with Crippen molar-refractivity contribution in [1.29, 1.82) is 0 Å². The van der Waals surface area contributed by atoms with Gasteiger partial charge in [0.15, 0.2) is 0 Å². The van der Waals surface area contributed by atoms with Gasteiger partial charge in [0.2, 0.25) is 0 Å². The maximum atomic E-state index is 9.55. The molecule has 2 unspecified atom stereocenters. The summed E-state index contributed by atoms with van der Waals surface area (Å²) in [7, 11) is 0. The van der Waals surface area contributed by atoms with Gasteiger partial charge in [0, 0.05) is 6.61 Å². The van der Waals surface area contributed by atoms with Crippen molar-refractivity contribution in [2.75, 3.05) is 6.61 Å². The second-order valence-electron chi connectivity index (χ2n) is 3.53. The van der Waals surface area contributed by atoms with Crippen LogP contribution in [0.4, 0.5) is 0 Å². The average molecular weight is 174 g/mol. The van der Waals surface area contributed by atoms with E-state index in [9.17, 15) is 5.11 Å². The molecule has 0 saturated heterocycles. The van der Waals surface area contributed by atoms with E-state index < -0.39 is 0 Å². The Labute approximate surface area is 75.6 Å². The molecule has 0 aliphatic heterocycles. The van der Waals surface area contributed by atoms with Crippen LogP contribution in [0.25, 0.3) is 0 Å². The fourth-order valence-electron chi connectivity index (χ4n) is 1.20.